The summed E-state index contributed by atoms with van der Waals surface area (Å²) in [5, 5.41) is 2.46. The van der Waals surface area contributed by atoms with E-state index in [0.717, 1.165) is 11.2 Å². The molecule has 0 saturated heterocycles. The molecular formula is C21H26O. The van der Waals surface area contributed by atoms with Gasteiger partial charge in [-0.15, -0.1) is 0 Å². The first-order valence-corrected chi connectivity index (χ1v) is 8.24. The fourth-order valence-corrected chi connectivity index (χ4v) is 2.93. The van der Waals surface area contributed by atoms with Crippen LogP contribution in [0.4, 0.5) is 0 Å². The maximum atomic E-state index is 6.08. The average Bonchev–Trinajstić information content (AvgIpc) is 2.82. The highest BCUT2D eigenvalue weighted by Gasteiger charge is 2.17. The van der Waals surface area contributed by atoms with Crippen LogP contribution >= 0.6 is 0 Å². The van der Waals surface area contributed by atoms with Crippen LogP contribution in [0.15, 0.2) is 40.8 Å². The third-order valence-electron chi connectivity index (χ3n) is 4.89. The molecule has 22 heavy (non-hydrogen) atoms. The zero-order chi connectivity index (χ0) is 16.1. The molecule has 1 aromatic heterocycles. The van der Waals surface area contributed by atoms with Gasteiger partial charge in [0.2, 0.25) is 0 Å². The Labute approximate surface area is 133 Å². The molecule has 0 saturated carbocycles. The van der Waals surface area contributed by atoms with Crippen LogP contribution in [-0.2, 0) is 5.41 Å². The van der Waals surface area contributed by atoms with Crippen LogP contribution in [0, 0.1) is 5.92 Å². The van der Waals surface area contributed by atoms with Gasteiger partial charge >= 0.3 is 0 Å². The summed E-state index contributed by atoms with van der Waals surface area (Å²) in [7, 11) is 0. The van der Waals surface area contributed by atoms with E-state index >= 15 is 0 Å². The molecule has 0 bridgehead atoms. The van der Waals surface area contributed by atoms with Gasteiger partial charge in [0.1, 0.15) is 11.2 Å². The van der Waals surface area contributed by atoms with E-state index in [0.29, 0.717) is 11.8 Å². The number of rotatable bonds is 2. The van der Waals surface area contributed by atoms with Crippen molar-refractivity contribution in [1.29, 1.82) is 0 Å². The lowest BCUT2D eigenvalue weighted by atomic mass is 9.86. The average molecular weight is 294 g/mol. The molecule has 0 aliphatic heterocycles. The topological polar surface area (TPSA) is 13.1 Å². The van der Waals surface area contributed by atoms with Crippen molar-refractivity contribution in [2.24, 2.45) is 5.92 Å². The first-order chi connectivity index (χ1) is 10.3. The van der Waals surface area contributed by atoms with E-state index in [-0.39, 0.29) is 5.41 Å². The predicted octanol–water partition coefficient (Wildman–Crippen LogP) is 6.64. The highest BCUT2D eigenvalue weighted by Crippen LogP contribution is 2.35. The SMILES string of the molecule is CC(C)C(C)c1ccc2oc3cc(C(C)(C)C)ccc3c2c1. The third kappa shape index (κ3) is 2.54. The normalized spacial score (nSPS) is 14.1. The number of hydrogen-bond acceptors (Lipinski definition) is 1. The summed E-state index contributed by atoms with van der Waals surface area (Å²) in [5.41, 5.74) is 4.84. The Morgan fingerprint density at radius 3 is 2.18 bits per heavy atom. The van der Waals surface area contributed by atoms with E-state index in [2.05, 4.69) is 77.9 Å². The van der Waals surface area contributed by atoms with Crippen LogP contribution in [0.1, 0.15) is 58.6 Å². The van der Waals surface area contributed by atoms with E-state index in [4.69, 9.17) is 4.42 Å². The number of fused-ring (bicyclic) bond motifs is 3. The lowest BCUT2D eigenvalue weighted by Gasteiger charge is -2.18. The van der Waals surface area contributed by atoms with Crippen LogP contribution < -0.4 is 0 Å². The molecule has 0 fully saturated rings. The van der Waals surface area contributed by atoms with E-state index in [1.54, 1.807) is 0 Å². The summed E-state index contributed by atoms with van der Waals surface area (Å²) in [6.07, 6.45) is 0. The maximum Gasteiger partial charge on any atom is 0.135 e. The Morgan fingerprint density at radius 1 is 0.818 bits per heavy atom. The number of hydrogen-bond donors (Lipinski definition) is 0. The Bertz CT molecular complexity index is 815. The van der Waals surface area contributed by atoms with Crippen LogP contribution in [0.3, 0.4) is 0 Å². The minimum atomic E-state index is 0.143. The van der Waals surface area contributed by atoms with Gasteiger partial charge in [-0.25, -0.2) is 0 Å². The molecule has 0 spiro atoms. The second kappa shape index (κ2) is 5.15. The van der Waals surface area contributed by atoms with Gasteiger partial charge in [-0.3, -0.25) is 0 Å². The van der Waals surface area contributed by atoms with Crippen molar-refractivity contribution in [2.75, 3.05) is 0 Å². The molecule has 2 aromatic carbocycles. The van der Waals surface area contributed by atoms with Gasteiger partial charge in [0.05, 0.1) is 0 Å². The second-order valence-electron chi connectivity index (χ2n) is 7.85. The fraction of sp³-hybridized carbons (Fsp3) is 0.429. The van der Waals surface area contributed by atoms with Crippen LogP contribution in [0.25, 0.3) is 21.9 Å². The standard InChI is InChI=1S/C21H26O/c1-13(2)14(3)15-7-10-19-18(11-15)17-9-8-16(21(4,5)6)12-20(17)22-19/h7-14H,1-6H3. The van der Waals surface area contributed by atoms with E-state index in [1.165, 1.54) is 21.9 Å². The molecule has 1 unspecified atom stereocenters. The summed E-state index contributed by atoms with van der Waals surface area (Å²) in [5.74, 6) is 1.20. The monoisotopic (exact) mass is 294 g/mol. The quantitative estimate of drug-likeness (QED) is 0.516. The lowest BCUT2D eigenvalue weighted by Crippen LogP contribution is -2.10. The third-order valence-corrected chi connectivity index (χ3v) is 4.89. The van der Waals surface area contributed by atoms with Gasteiger partial charge in [-0.05, 0) is 46.6 Å². The number of furan rings is 1. The van der Waals surface area contributed by atoms with Gasteiger partial charge in [0.15, 0.2) is 0 Å². The largest absolute Gasteiger partial charge is 0.456 e. The molecule has 1 atom stereocenters. The van der Waals surface area contributed by atoms with Crippen molar-refractivity contribution in [2.45, 2.75) is 52.9 Å². The van der Waals surface area contributed by atoms with Crippen molar-refractivity contribution >= 4 is 21.9 Å². The van der Waals surface area contributed by atoms with Gasteiger partial charge in [-0.1, -0.05) is 59.7 Å². The zero-order valence-electron chi connectivity index (χ0n) is 14.5. The molecule has 0 aliphatic carbocycles. The Balaban J connectivity index is 2.18. The Hall–Kier alpha value is -1.76. The number of benzene rings is 2. The molecule has 1 nitrogen and oxygen atoms in total. The molecule has 0 amide bonds. The van der Waals surface area contributed by atoms with Crippen LogP contribution in [0.2, 0.25) is 0 Å². The van der Waals surface area contributed by atoms with E-state index in [9.17, 15) is 0 Å². The summed E-state index contributed by atoms with van der Waals surface area (Å²) < 4.78 is 6.08. The molecule has 0 aliphatic rings. The Kier molecular flexibility index (Phi) is 3.55. The maximum absolute atomic E-state index is 6.08. The van der Waals surface area contributed by atoms with Crippen LogP contribution in [0.5, 0.6) is 0 Å². The van der Waals surface area contributed by atoms with Crippen molar-refractivity contribution in [1.82, 2.24) is 0 Å². The highest BCUT2D eigenvalue weighted by atomic mass is 16.3. The van der Waals surface area contributed by atoms with Crippen molar-refractivity contribution in [3.05, 3.63) is 47.5 Å². The molecule has 1 heterocycles. The first kappa shape index (κ1) is 15.1. The van der Waals surface area contributed by atoms with Gasteiger partial charge in [0, 0.05) is 10.8 Å². The Morgan fingerprint density at radius 2 is 1.55 bits per heavy atom. The molecule has 0 N–H and O–H groups in total. The van der Waals surface area contributed by atoms with E-state index < -0.39 is 0 Å². The molecule has 3 rings (SSSR count). The summed E-state index contributed by atoms with van der Waals surface area (Å²) in [6, 6.07) is 13.3. The highest BCUT2D eigenvalue weighted by molar-refractivity contribution is 6.05. The van der Waals surface area contributed by atoms with Crippen LogP contribution in [-0.4, -0.2) is 0 Å². The van der Waals surface area contributed by atoms with Crippen molar-refractivity contribution in [3.8, 4) is 0 Å². The van der Waals surface area contributed by atoms with Gasteiger partial charge < -0.3 is 4.42 Å². The summed E-state index contributed by atoms with van der Waals surface area (Å²) in [4.78, 5) is 0. The van der Waals surface area contributed by atoms with Gasteiger partial charge in [0.25, 0.3) is 0 Å². The first-order valence-electron chi connectivity index (χ1n) is 8.24. The van der Waals surface area contributed by atoms with Crippen molar-refractivity contribution in [3.63, 3.8) is 0 Å². The molecule has 116 valence electrons. The molecular weight excluding hydrogens is 268 g/mol. The minimum Gasteiger partial charge on any atom is -0.456 e. The minimum absolute atomic E-state index is 0.143. The summed E-state index contributed by atoms with van der Waals surface area (Å²) in [6.45, 7) is 13.6. The zero-order valence-corrected chi connectivity index (χ0v) is 14.5. The van der Waals surface area contributed by atoms with Crippen molar-refractivity contribution < 1.29 is 4.42 Å². The summed E-state index contributed by atoms with van der Waals surface area (Å²) >= 11 is 0. The second-order valence-corrected chi connectivity index (χ2v) is 7.85. The smallest absolute Gasteiger partial charge is 0.135 e. The van der Waals surface area contributed by atoms with Gasteiger partial charge in [-0.2, -0.15) is 0 Å². The lowest BCUT2D eigenvalue weighted by molar-refractivity contribution is 0.535. The molecule has 0 radical (unpaired) electrons. The fourth-order valence-electron chi connectivity index (χ4n) is 2.93. The molecule has 1 heteroatoms. The molecule has 3 aromatic rings. The predicted molar refractivity (Wildman–Crippen MR) is 95.7 cm³/mol. The van der Waals surface area contributed by atoms with E-state index in [1.807, 2.05) is 0 Å².